The first-order valence-electron chi connectivity index (χ1n) is 5.21. The first kappa shape index (κ1) is 14.4. The molecule has 3 amide bonds. The number of benzene rings is 1. The van der Waals surface area contributed by atoms with Crippen LogP contribution in [-0.4, -0.2) is 29.1 Å². The van der Waals surface area contributed by atoms with Gasteiger partial charge in [-0.25, -0.2) is 14.0 Å². The smallest absolute Gasteiger partial charge is 0.338 e. The van der Waals surface area contributed by atoms with Crippen LogP contribution in [0, 0.1) is 5.82 Å². The van der Waals surface area contributed by atoms with Crippen LogP contribution in [0.2, 0.25) is 0 Å². The van der Waals surface area contributed by atoms with Crippen molar-refractivity contribution in [3.05, 3.63) is 29.6 Å². The van der Waals surface area contributed by atoms with E-state index in [0.717, 1.165) is 12.1 Å². The summed E-state index contributed by atoms with van der Waals surface area (Å²) in [4.78, 5) is 32.8. The Morgan fingerprint density at radius 2 is 2.00 bits per heavy atom. The molecule has 1 aromatic carbocycles. The average molecular weight is 269 g/mol. The Balaban J connectivity index is 2.78. The average Bonchev–Trinajstić information content (AvgIpc) is 2.30. The Kier molecular flexibility index (Phi) is 4.41. The van der Waals surface area contributed by atoms with Gasteiger partial charge in [-0.2, -0.15) is 0 Å². The number of aromatic carboxylic acids is 1. The number of halogens is 1. The summed E-state index contributed by atoms with van der Waals surface area (Å²) in [5.41, 5.74) is 4.46. The van der Waals surface area contributed by atoms with Crippen LogP contribution in [-0.2, 0) is 4.79 Å². The van der Waals surface area contributed by atoms with Crippen LogP contribution < -0.4 is 16.4 Å². The van der Waals surface area contributed by atoms with Crippen molar-refractivity contribution in [1.29, 1.82) is 0 Å². The van der Waals surface area contributed by atoms with Crippen molar-refractivity contribution in [2.75, 3.05) is 5.32 Å². The molecule has 0 saturated heterocycles. The number of carboxylic acid groups (broad SMARTS) is 1. The van der Waals surface area contributed by atoms with Crippen molar-refractivity contribution >= 4 is 23.6 Å². The monoisotopic (exact) mass is 269 g/mol. The van der Waals surface area contributed by atoms with Crippen LogP contribution in [0.3, 0.4) is 0 Å². The van der Waals surface area contributed by atoms with Gasteiger partial charge < -0.3 is 21.5 Å². The maximum absolute atomic E-state index is 13.1. The summed E-state index contributed by atoms with van der Waals surface area (Å²) in [6.45, 7) is 1.38. The molecule has 0 aliphatic heterocycles. The normalized spacial score (nSPS) is 11.5. The molecule has 8 heteroatoms. The lowest BCUT2D eigenvalue weighted by molar-refractivity contribution is -0.119. The molecule has 0 aliphatic rings. The van der Waals surface area contributed by atoms with Gasteiger partial charge in [0.1, 0.15) is 11.9 Å². The Hall–Kier alpha value is -2.64. The largest absolute Gasteiger partial charge is 0.478 e. The molecule has 102 valence electrons. The van der Waals surface area contributed by atoms with Crippen molar-refractivity contribution in [2.45, 2.75) is 13.0 Å². The highest BCUT2D eigenvalue weighted by Gasteiger charge is 2.14. The molecular weight excluding hydrogens is 257 g/mol. The van der Waals surface area contributed by atoms with Crippen LogP contribution >= 0.6 is 0 Å². The van der Waals surface area contributed by atoms with Gasteiger partial charge in [0.15, 0.2) is 0 Å². The minimum absolute atomic E-state index is 0.0768. The van der Waals surface area contributed by atoms with Crippen LogP contribution in [0.15, 0.2) is 18.2 Å². The predicted molar refractivity (Wildman–Crippen MR) is 64.2 cm³/mol. The van der Waals surface area contributed by atoms with Gasteiger partial charge in [-0.3, -0.25) is 4.79 Å². The molecule has 1 rings (SSSR count). The molecule has 19 heavy (non-hydrogen) atoms. The number of amides is 3. The zero-order valence-corrected chi connectivity index (χ0v) is 9.94. The van der Waals surface area contributed by atoms with Crippen LogP contribution in [0.5, 0.6) is 0 Å². The van der Waals surface area contributed by atoms with Crippen LogP contribution in [0.25, 0.3) is 0 Å². The molecule has 1 aromatic rings. The van der Waals surface area contributed by atoms with E-state index in [1.165, 1.54) is 13.0 Å². The number of anilines is 1. The van der Waals surface area contributed by atoms with Crippen molar-refractivity contribution in [2.24, 2.45) is 5.73 Å². The number of rotatable bonds is 4. The number of carboxylic acids is 1. The zero-order chi connectivity index (χ0) is 14.6. The van der Waals surface area contributed by atoms with E-state index in [9.17, 15) is 18.8 Å². The van der Waals surface area contributed by atoms with E-state index < -0.39 is 35.3 Å². The molecule has 0 fully saturated rings. The van der Waals surface area contributed by atoms with Crippen molar-refractivity contribution < 1.29 is 23.9 Å². The maximum Gasteiger partial charge on any atom is 0.338 e. The first-order chi connectivity index (χ1) is 8.81. The molecule has 7 nitrogen and oxygen atoms in total. The summed E-state index contributed by atoms with van der Waals surface area (Å²) in [6, 6.07) is 1.42. The third-order valence-electron chi connectivity index (χ3n) is 2.23. The summed E-state index contributed by atoms with van der Waals surface area (Å²) in [7, 11) is 0. The van der Waals surface area contributed by atoms with E-state index in [0.29, 0.717) is 0 Å². The predicted octanol–water partition coefficient (Wildman–Crippen LogP) is 0.519. The summed E-state index contributed by atoms with van der Waals surface area (Å²) in [5, 5.41) is 13.2. The molecule has 0 aromatic heterocycles. The number of primary amides is 1. The van der Waals surface area contributed by atoms with Gasteiger partial charge >= 0.3 is 12.0 Å². The van der Waals surface area contributed by atoms with Crippen molar-refractivity contribution in [3.8, 4) is 0 Å². The number of carbonyl (C=O) groups excluding carboxylic acids is 2. The molecule has 0 radical (unpaired) electrons. The quantitative estimate of drug-likeness (QED) is 0.636. The fourth-order valence-electron chi connectivity index (χ4n) is 1.20. The van der Waals surface area contributed by atoms with Gasteiger partial charge in [0.05, 0.1) is 5.56 Å². The molecule has 0 spiro atoms. The van der Waals surface area contributed by atoms with Crippen molar-refractivity contribution in [1.82, 2.24) is 5.32 Å². The number of hydrogen-bond donors (Lipinski definition) is 4. The van der Waals surface area contributed by atoms with Crippen LogP contribution in [0.4, 0.5) is 14.9 Å². The Labute approximate surface area is 107 Å². The third-order valence-corrected chi connectivity index (χ3v) is 2.23. The van der Waals surface area contributed by atoms with Gasteiger partial charge in [0.2, 0.25) is 5.91 Å². The lowest BCUT2D eigenvalue weighted by Gasteiger charge is -2.11. The van der Waals surface area contributed by atoms with E-state index >= 15 is 0 Å². The second-order valence-corrected chi connectivity index (χ2v) is 3.72. The summed E-state index contributed by atoms with van der Waals surface area (Å²) >= 11 is 0. The summed E-state index contributed by atoms with van der Waals surface area (Å²) < 4.78 is 13.1. The highest BCUT2D eigenvalue weighted by atomic mass is 19.1. The molecule has 0 bridgehead atoms. The molecule has 5 N–H and O–H groups in total. The number of urea groups is 1. The van der Waals surface area contributed by atoms with Crippen LogP contribution in [0.1, 0.15) is 17.3 Å². The number of nitrogens with two attached hydrogens (primary N) is 1. The minimum Gasteiger partial charge on any atom is -0.478 e. The van der Waals surface area contributed by atoms with E-state index in [1.807, 2.05) is 0 Å². The second kappa shape index (κ2) is 5.80. The molecule has 0 aliphatic carbocycles. The maximum atomic E-state index is 13.1. The molecule has 0 heterocycles. The highest BCUT2D eigenvalue weighted by molar-refractivity contribution is 5.95. The number of nitrogens with one attached hydrogen (secondary N) is 2. The first-order valence-corrected chi connectivity index (χ1v) is 5.21. The fraction of sp³-hybridized carbons (Fsp3) is 0.182. The number of carbonyl (C=O) groups is 3. The van der Waals surface area contributed by atoms with E-state index in [2.05, 4.69) is 10.6 Å². The standard InChI is InChI=1S/C11H12FN3O4/c1-5(9(13)16)14-11(19)15-6-2-3-8(12)7(4-6)10(17)18/h2-5H,1H3,(H2,13,16)(H,17,18)(H2,14,15,19). The molecular formula is C11H12FN3O4. The summed E-state index contributed by atoms with van der Waals surface area (Å²) in [6.07, 6.45) is 0. The minimum atomic E-state index is -1.45. The van der Waals surface area contributed by atoms with E-state index in [-0.39, 0.29) is 5.69 Å². The van der Waals surface area contributed by atoms with Gasteiger partial charge in [0, 0.05) is 5.69 Å². The number of hydrogen-bond acceptors (Lipinski definition) is 3. The van der Waals surface area contributed by atoms with Gasteiger partial charge in [-0.1, -0.05) is 0 Å². The lowest BCUT2D eigenvalue weighted by atomic mass is 10.2. The van der Waals surface area contributed by atoms with E-state index in [4.69, 9.17) is 10.8 Å². The molecule has 0 saturated carbocycles. The molecule has 1 unspecified atom stereocenters. The highest BCUT2D eigenvalue weighted by Crippen LogP contribution is 2.14. The second-order valence-electron chi connectivity index (χ2n) is 3.72. The van der Waals surface area contributed by atoms with Crippen molar-refractivity contribution in [3.63, 3.8) is 0 Å². The topological polar surface area (TPSA) is 122 Å². The zero-order valence-electron chi connectivity index (χ0n) is 9.94. The fourth-order valence-corrected chi connectivity index (χ4v) is 1.20. The van der Waals surface area contributed by atoms with Gasteiger partial charge in [-0.15, -0.1) is 0 Å². The summed E-state index contributed by atoms with van der Waals surface area (Å²) in [5.74, 6) is -3.09. The SMILES string of the molecule is CC(NC(=O)Nc1ccc(F)c(C(=O)O)c1)C(N)=O. The Morgan fingerprint density at radius 1 is 1.37 bits per heavy atom. The Bertz CT molecular complexity index is 533. The van der Waals surface area contributed by atoms with Gasteiger partial charge in [0.25, 0.3) is 0 Å². The van der Waals surface area contributed by atoms with E-state index in [1.54, 1.807) is 0 Å². The van der Waals surface area contributed by atoms with Gasteiger partial charge in [-0.05, 0) is 25.1 Å². The lowest BCUT2D eigenvalue weighted by Crippen LogP contribution is -2.44. The molecule has 1 atom stereocenters. The third kappa shape index (κ3) is 3.95. The Morgan fingerprint density at radius 3 is 2.53 bits per heavy atom.